The number of nitrogens with one attached hydrogen (secondary N) is 4. The summed E-state index contributed by atoms with van der Waals surface area (Å²) in [4.78, 5) is 8.66. The largest absolute Gasteiger partial charge is 0.491 e. The number of fused-ring (bicyclic) bond motifs is 2. The topological polar surface area (TPSA) is 275 Å². The number of pyridine rings is 2. The predicted octanol–water partition coefficient (Wildman–Crippen LogP) is 6.54. The average Bonchev–Trinajstić information content (AvgIpc) is 3.41. The molecular weight excluding hydrogens is 967 g/mol. The fourth-order valence-electron chi connectivity index (χ4n) is 7.19. The molecule has 0 bridgehead atoms. The molecule has 73 heavy (non-hydrogen) atoms. The van der Waals surface area contributed by atoms with E-state index < -0.39 is 32.3 Å². The smallest absolute Gasteiger partial charge is 0.263 e. The molecule has 0 saturated heterocycles. The van der Waals surface area contributed by atoms with Gasteiger partial charge in [-0.05, 0) is 122 Å². The van der Waals surface area contributed by atoms with Gasteiger partial charge in [-0.15, -0.1) is 0 Å². The molecule has 0 aliphatic rings. The van der Waals surface area contributed by atoms with E-state index >= 15 is 0 Å². The van der Waals surface area contributed by atoms with Crippen LogP contribution in [0.3, 0.4) is 0 Å². The van der Waals surface area contributed by atoms with Crippen LogP contribution in [0, 0.1) is 22.7 Å². The van der Waals surface area contributed by atoms with Crippen LogP contribution < -0.4 is 35.3 Å². The second-order valence-electron chi connectivity index (χ2n) is 16.7. The molecule has 2 atom stereocenters. The molecule has 2 aromatic heterocycles. The standard InChI is InChI=1S/C27H27N5O4S.C27H26N4O4S/c28-15-21-13-24(9-10-26(21)29)36-18-23(33)16-30-12-11-19-5-7-22(8-6-19)32-37(34,35)25-14-20-3-1-2-4-27(20)31-17-25;28-16-21-4-3-6-25(14-21)35-19-24(32)17-29-13-12-20-8-10-23(11-9-20)31-36(33,34)26-15-22-5-1-2-7-27(22)30-18-26/h1-10,13-14,17,23,30,32-33H,11-12,16,18,29H2;1-11,14-15,18,24,29,31-32H,12-13,17,19H2. The van der Waals surface area contributed by atoms with Crippen LogP contribution in [0.1, 0.15) is 22.3 Å². The molecular formula is C54H53N9O8S2. The second-order valence-corrected chi connectivity index (χ2v) is 20.0. The summed E-state index contributed by atoms with van der Waals surface area (Å²) in [5.74, 6) is 1.01. The molecule has 8 aromatic rings. The first-order valence-electron chi connectivity index (χ1n) is 23.0. The Labute approximate surface area is 424 Å². The SMILES string of the molecule is N#Cc1cc(OCC(O)CNCCc2ccc(NS(=O)(=O)c3cnc4ccccc4c3)cc2)ccc1N.N#Cc1cccc(OCC(O)CNCCc2ccc(NS(=O)(=O)c3cnc4ccccc4c3)cc2)c1. The number of hydrogen-bond donors (Lipinski definition) is 7. The van der Waals surface area contributed by atoms with Crippen molar-refractivity contribution in [3.8, 4) is 23.6 Å². The van der Waals surface area contributed by atoms with Crippen LogP contribution in [0.4, 0.5) is 17.1 Å². The number of anilines is 3. The summed E-state index contributed by atoms with van der Waals surface area (Å²) in [6.45, 7) is 2.13. The first-order chi connectivity index (χ1) is 35.3. The zero-order valence-corrected chi connectivity index (χ0v) is 41.1. The number of aliphatic hydroxyl groups is 2. The van der Waals surface area contributed by atoms with Crippen molar-refractivity contribution in [2.45, 2.75) is 34.8 Å². The Bertz CT molecular complexity index is 3440. The van der Waals surface area contributed by atoms with Crippen molar-refractivity contribution in [3.63, 3.8) is 0 Å². The van der Waals surface area contributed by atoms with E-state index in [2.05, 4.69) is 30.0 Å². The molecule has 0 radical (unpaired) electrons. The minimum atomic E-state index is -3.77. The fourth-order valence-corrected chi connectivity index (χ4v) is 9.26. The monoisotopic (exact) mass is 1020 g/mol. The number of nitrogen functional groups attached to an aromatic ring is 1. The van der Waals surface area contributed by atoms with Crippen LogP contribution >= 0.6 is 0 Å². The molecule has 0 fully saturated rings. The highest BCUT2D eigenvalue weighted by Crippen LogP contribution is 2.23. The highest BCUT2D eigenvalue weighted by Gasteiger charge is 2.17. The number of sulfonamides is 2. The Balaban J connectivity index is 0.000000214. The number of rotatable bonds is 22. The molecule has 0 saturated carbocycles. The van der Waals surface area contributed by atoms with Crippen molar-refractivity contribution < 1.29 is 36.5 Å². The van der Waals surface area contributed by atoms with Gasteiger partial charge in [0, 0.05) is 53.3 Å². The summed E-state index contributed by atoms with van der Waals surface area (Å²) in [6.07, 6.45) is 2.68. The summed E-state index contributed by atoms with van der Waals surface area (Å²) in [7, 11) is -7.52. The van der Waals surface area contributed by atoms with Gasteiger partial charge < -0.3 is 36.1 Å². The van der Waals surface area contributed by atoms with Gasteiger partial charge in [-0.3, -0.25) is 19.4 Å². The molecule has 2 heterocycles. The highest BCUT2D eigenvalue weighted by atomic mass is 32.2. The number of aromatic nitrogens is 2. The van der Waals surface area contributed by atoms with E-state index in [1.54, 1.807) is 72.8 Å². The molecule has 8 rings (SSSR count). The van der Waals surface area contributed by atoms with Gasteiger partial charge in [0.2, 0.25) is 0 Å². The second kappa shape index (κ2) is 25.3. The maximum absolute atomic E-state index is 12.8. The van der Waals surface area contributed by atoms with Gasteiger partial charge in [-0.25, -0.2) is 16.8 Å². The lowest BCUT2D eigenvalue weighted by Crippen LogP contribution is -2.32. The third-order valence-corrected chi connectivity index (χ3v) is 13.8. The minimum Gasteiger partial charge on any atom is -0.491 e. The van der Waals surface area contributed by atoms with E-state index in [4.69, 9.17) is 25.7 Å². The molecule has 0 aliphatic heterocycles. The molecule has 0 amide bonds. The normalized spacial score (nSPS) is 12.1. The Morgan fingerprint density at radius 3 is 1.52 bits per heavy atom. The Morgan fingerprint density at radius 1 is 0.562 bits per heavy atom. The lowest BCUT2D eigenvalue weighted by molar-refractivity contribution is 0.106. The molecule has 0 spiro atoms. The van der Waals surface area contributed by atoms with Crippen LogP contribution in [0.25, 0.3) is 21.8 Å². The number of aliphatic hydroxyl groups excluding tert-OH is 2. The number of benzene rings is 6. The summed E-state index contributed by atoms with van der Waals surface area (Å²) in [6, 6.07) is 47.8. The van der Waals surface area contributed by atoms with Crippen LogP contribution in [-0.4, -0.2) is 88.6 Å². The number of hydrogen-bond acceptors (Lipinski definition) is 15. The summed E-state index contributed by atoms with van der Waals surface area (Å²) in [5.41, 5.74) is 11.3. The van der Waals surface area contributed by atoms with Crippen molar-refractivity contribution in [1.29, 1.82) is 10.5 Å². The van der Waals surface area contributed by atoms with E-state index in [0.717, 1.165) is 32.9 Å². The number of para-hydroxylation sites is 2. The van der Waals surface area contributed by atoms with Gasteiger partial charge in [0.25, 0.3) is 20.0 Å². The number of nitrogens with two attached hydrogens (primary N) is 1. The van der Waals surface area contributed by atoms with Gasteiger partial charge in [0.15, 0.2) is 0 Å². The summed E-state index contributed by atoms with van der Waals surface area (Å²) in [5, 5.41) is 46.1. The Kier molecular flexibility index (Phi) is 18.3. The van der Waals surface area contributed by atoms with Crippen LogP contribution in [-0.2, 0) is 32.9 Å². The van der Waals surface area contributed by atoms with Crippen LogP contribution in [0.15, 0.2) is 174 Å². The van der Waals surface area contributed by atoms with Gasteiger partial charge in [0.05, 0.1) is 28.2 Å². The average molecular weight is 1020 g/mol. The Morgan fingerprint density at radius 2 is 1.04 bits per heavy atom. The maximum atomic E-state index is 12.8. The molecule has 374 valence electrons. The van der Waals surface area contributed by atoms with Gasteiger partial charge in [-0.1, -0.05) is 66.7 Å². The van der Waals surface area contributed by atoms with E-state index in [1.165, 1.54) is 18.5 Å². The van der Waals surface area contributed by atoms with Gasteiger partial charge in [0.1, 0.15) is 52.8 Å². The zero-order chi connectivity index (χ0) is 51.6. The van der Waals surface area contributed by atoms with Crippen molar-refractivity contribution in [1.82, 2.24) is 20.6 Å². The molecule has 8 N–H and O–H groups in total. The third kappa shape index (κ3) is 15.7. The number of nitrogens with zero attached hydrogens (tertiary/aromatic N) is 4. The first-order valence-corrected chi connectivity index (χ1v) is 26.0. The highest BCUT2D eigenvalue weighted by molar-refractivity contribution is 7.93. The van der Waals surface area contributed by atoms with Crippen LogP contribution in [0.5, 0.6) is 11.5 Å². The van der Waals surface area contributed by atoms with E-state index in [0.29, 0.717) is 78.7 Å². The zero-order valence-electron chi connectivity index (χ0n) is 39.4. The van der Waals surface area contributed by atoms with E-state index in [1.807, 2.05) is 84.9 Å². The van der Waals surface area contributed by atoms with Crippen molar-refractivity contribution in [2.75, 3.05) is 54.6 Å². The Hall–Kier alpha value is -8.14. The fraction of sp³-hybridized carbons (Fsp3) is 0.185. The van der Waals surface area contributed by atoms with E-state index in [-0.39, 0.29) is 23.0 Å². The number of ether oxygens (including phenoxy) is 2. The van der Waals surface area contributed by atoms with Crippen LogP contribution in [0.2, 0.25) is 0 Å². The lowest BCUT2D eigenvalue weighted by Gasteiger charge is -2.14. The quantitative estimate of drug-likeness (QED) is 0.0280. The molecule has 17 nitrogen and oxygen atoms in total. The van der Waals surface area contributed by atoms with Gasteiger partial charge in [-0.2, -0.15) is 10.5 Å². The van der Waals surface area contributed by atoms with Gasteiger partial charge >= 0.3 is 0 Å². The number of nitriles is 2. The van der Waals surface area contributed by atoms with E-state index in [9.17, 15) is 27.0 Å². The summed E-state index contributed by atoms with van der Waals surface area (Å²) < 4.78 is 67.4. The summed E-state index contributed by atoms with van der Waals surface area (Å²) >= 11 is 0. The first kappa shape index (κ1) is 52.7. The van der Waals surface area contributed by atoms with Crippen molar-refractivity contribution >= 4 is 58.9 Å². The molecule has 6 aromatic carbocycles. The maximum Gasteiger partial charge on any atom is 0.263 e. The van der Waals surface area contributed by atoms with Crippen molar-refractivity contribution in [3.05, 3.63) is 186 Å². The predicted molar refractivity (Wildman–Crippen MR) is 281 cm³/mol. The minimum absolute atomic E-state index is 0.0728. The molecule has 2 unspecified atom stereocenters. The van der Waals surface area contributed by atoms with Crippen molar-refractivity contribution in [2.24, 2.45) is 0 Å². The lowest BCUT2D eigenvalue weighted by atomic mass is 10.1. The molecule has 19 heteroatoms. The molecule has 0 aliphatic carbocycles. The third-order valence-electron chi connectivity index (χ3n) is 11.1.